The summed E-state index contributed by atoms with van der Waals surface area (Å²) in [6.07, 6.45) is 2.65. The van der Waals surface area contributed by atoms with Gasteiger partial charge in [-0.2, -0.15) is 0 Å². The summed E-state index contributed by atoms with van der Waals surface area (Å²) in [7, 11) is 6.39. The summed E-state index contributed by atoms with van der Waals surface area (Å²) >= 11 is 3.66. The summed E-state index contributed by atoms with van der Waals surface area (Å²) in [4.78, 5) is 4.83. The number of nitrogens with zero attached hydrogens (tertiary/aromatic N) is 2. The van der Waals surface area contributed by atoms with Crippen molar-refractivity contribution >= 4 is 21.6 Å². The number of hydrogen-bond acceptors (Lipinski definition) is 3. The van der Waals surface area contributed by atoms with Crippen LogP contribution in [0.4, 0.5) is 5.69 Å². The van der Waals surface area contributed by atoms with Gasteiger partial charge in [-0.3, -0.25) is 0 Å². The highest BCUT2D eigenvalue weighted by Crippen LogP contribution is 2.25. The summed E-state index contributed by atoms with van der Waals surface area (Å²) in [5.74, 6) is 0. The Morgan fingerprint density at radius 2 is 2.26 bits per heavy atom. The van der Waals surface area contributed by atoms with E-state index in [1.54, 1.807) is 0 Å². The SMILES string of the molecule is CNCc1ccc(N(C)CC2CCCN2C)cc1Br. The van der Waals surface area contributed by atoms with Gasteiger partial charge in [-0.25, -0.2) is 0 Å². The monoisotopic (exact) mass is 325 g/mol. The number of likely N-dealkylation sites (N-methyl/N-ethyl adjacent to an activating group) is 2. The van der Waals surface area contributed by atoms with Crippen LogP contribution in [-0.4, -0.2) is 45.2 Å². The minimum atomic E-state index is 0.695. The van der Waals surface area contributed by atoms with Crippen LogP contribution in [0.1, 0.15) is 18.4 Å². The minimum Gasteiger partial charge on any atom is -0.373 e. The maximum Gasteiger partial charge on any atom is 0.0375 e. The first-order valence-corrected chi connectivity index (χ1v) is 7.75. The topological polar surface area (TPSA) is 18.5 Å². The van der Waals surface area contributed by atoms with Crippen LogP contribution in [0.25, 0.3) is 0 Å². The highest BCUT2D eigenvalue weighted by atomic mass is 79.9. The van der Waals surface area contributed by atoms with Gasteiger partial charge < -0.3 is 15.1 Å². The molecule has 0 aliphatic carbocycles. The Kier molecular flexibility index (Phi) is 5.25. The fourth-order valence-corrected chi connectivity index (χ4v) is 3.25. The summed E-state index contributed by atoms with van der Waals surface area (Å²) in [5.41, 5.74) is 2.59. The number of halogens is 1. The van der Waals surface area contributed by atoms with E-state index < -0.39 is 0 Å². The maximum atomic E-state index is 3.66. The van der Waals surface area contributed by atoms with Gasteiger partial charge >= 0.3 is 0 Å². The van der Waals surface area contributed by atoms with Crippen LogP contribution in [0.3, 0.4) is 0 Å². The molecule has 1 aliphatic rings. The summed E-state index contributed by atoms with van der Waals surface area (Å²) in [6.45, 7) is 3.24. The molecule has 1 N–H and O–H groups in total. The lowest BCUT2D eigenvalue weighted by Gasteiger charge is -2.27. The van der Waals surface area contributed by atoms with Crippen LogP contribution in [0, 0.1) is 0 Å². The van der Waals surface area contributed by atoms with Crippen LogP contribution >= 0.6 is 15.9 Å². The lowest BCUT2D eigenvalue weighted by atomic mass is 10.1. The molecular formula is C15H24BrN3. The average Bonchev–Trinajstić information content (AvgIpc) is 2.78. The molecular weight excluding hydrogens is 302 g/mol. The Bertz CT molecular complexity index is 422. The third kappa shape index (κ3) is 3.71. The van der Waals surface area contributed by atoms with Gasteiger partial charge in [0.05, 0.1) is 0 Å². The van der Waals surface area contributed by atoms with Crippen molar-refractivity contribution in [3.05, 3.63) is 28.2 Å². The van der Waals surface area contributed by atoms with Crippen molar-refractivity contribution in [2.75, 3.05) is 39.1 Å². The van der Waals surface area contributed by atoms with E-state index in [2.05, 4.69) is 63.3 Å². The molecule has 0 spiro atoms. The summed E-state index contributed by atoms with van der Waals surface area (Å²) in [5, 5.41) is 3.19. The zero-order valence-corrected chi connectivity index (χ0v) is 13.7. The smallest absolute Gasteiger partial charge is 0.0375 e. The van der Waals surface area contributed by atoms with Gasteiger partial charge in [-0.1, -0.05) is 22.0 Å². The molecule has 1 aromatic carbocycles. The highest BCUT2D eigenvalue weighted by molar-refractivity contribution is 9.10. The molecule has 0 bridgehead atoms. The highest BCUT2D eigenvalue weighted by Gasteiger charge is 2.22. The van der Waals surface area contributed by atoms with E-state index in [1.165, 1.54) is 35.1 Å². The van der Waals surface area contributed by atoms with Crippen molar-refractivity contribution in [2.24, 2.45) is 0 Å². The Hall–Kier alpha value is -0.580. The van der Waals surface area contributed by atoms with E-state index in [9.17, 15) is 0 Å². The second-order valence-corrected chi connectivity index (χ2v) is 6.32. The summed E-state index contributed by atoms with van der Waals surface area (Å²) in [6, 6.07) is 7.33. The largest absolute Gasteiger partial charge is 0.373 e. The van der Waals surface area contributed by atoms with Crippen molar-refractivity contribution < 1.29 is 0 Å². The van der Waals surface area contributed by atoms with Gasteiger partial charge in [0.1, 0.15) is 0 Å². The van der Waals surface area contributed by atoms with Crippen molar-refractivity contribution in [1.29, 1.82) is 0 Å². The molecule has 1 aromatic rings. The molecule has 1 aliphatic heterocycles. The first-order chi connectivity index (χ1) is 9.11. The van der Waals surface area contributed by atoms with Gasteiger partial charge in [-0.05, 0) is 51.2 Å². The molecule has 1 saturated heterocycles. The second kappa shape index (κ2) is 6.73. The van der Waals surface area contributed by atoms with E-state index in [0.29, 0.717) is 6.04 Å². The first-order valence-electron chi connectivity index (χ1n) is 6.96. The number of rotatable bonds is 5. The Labute approximate surface area is 125 Å². The molecule has 0 radical (unpaired) electrons. The zero-order chi connectivity index (χ0) is 13.8. The van der Waals surface area contributed by atoms with Gasteiger partial charge in [0, 0.05) is 36.3 Å². The molecule has 3 nitrogen and oxygen atoms in total. The number of anilines is 1. The van der Waals surface area contributed by atoms with Gasteiger partial charge in [-0.15, -0.1) is 0 Å². The fourth-order valence-electron chi connectivity index (χ4n) is 2.74. The fraction of sp³-hybridized carbons (Fsp3) is 0.600. The number of hydrogen-bond donors (Lipinski definition) is 1. The van der Waals surface area contributed by atoms with Crippen molar-refractivity contribution in [3.63, 3.8) is 0 Å². The molecule has 0 amide bonds. The lowest BCUT2D eigenvalue weighted by Crippen LogP contribution is -2.36. The zero-order valence-electron chi connectivity index (χ0n) is 12.1. The average molecular weight is 326 g/mol. The third-order valence-corrected chi connectivity index (χ3v) is 4.74. The van der Waals surface area contributed by atoms with Crippen LogP contribution in [-0.2, 0) is 6.54 Å². The predicted octanol–water partition coefficient (Wildman–Crippen LogP) is 2.70. The van der Waals surface area contributed by atoms with Crippen LogP contribution in [0.15, 0.2) is 22.7 Å². The molecule has 19 heavy (non-hydrogen) atoms. The molecule has 1 unspecified atom stereocenters. The quantitative estimate of drug-likeness (QED) is 0.898. The van der Waals surface area contributed by atoms with E-state index >= 15 is 0 Å². The van der Waals surface area contributed by atoms with Gasteiger partial charge in [0.2, 0.25) is 0 Å². The normalized spacial score (nSPS) is 19.9. The van der Waals surface area contributed by atoms with Crippen LogP contribution < -0.4 is 10.2 Å². The molecule has 106 valence electrons. The third-order valence-electron chi connectivity index (χ3n) is 4.00. The van der Waals surface area contributed by atoms with E-state index in [1.807, 2.05) is 7.05 Å². The van der Waals surface area contributed by atoms with E-state index in [-0.39, 0.29) is 0 Å². The molecule has 4 heteroatoms. The Balaban J connectivity index is 2.02. The van der Waals surface area contributed by atoms with Crippen molar-refractivity contribution in [2.45, 2.75) is 25.4 Å². The van der Waals surface area contributed by atoms with E-state index in [0.717, 1.165) is 13.1 Å². The molecule has 1 fully saturated rings. The maximum absolute atomic E-state index is 3.66. The summed E-state index contributed by atoms with van der Waals surface area (Å²) < 4.78 is 1.19. The Morgan fingerprint density at radius 1 is 1.47 bits per heavy atom. The number of likely N-dealkylation sites (tertiary alicyclic amines) is 1. The first kappa shape index (κ1) is 14.8. The van der Waals surface area contributed by atoms with Crippen molar-refractivity contribution in [1.82, 2.24) is 10.2 Å². The standard InChI is InChI=1S/C15H24BrN3/c1-17-10-12-6-7-13(9-15(12)16)19(3)11-14-5-4-8-18(14)2/h6-7,9,14,17H,4-5,8,10-11H2,1-3H3. The second-order valence-electron chi connectivity index (χ2n) is 5.46. The number of benzene rings is 1. The Morgan fingerprint density at radius 3 is 2.84 bits per heavy atom. The van der Waals surface area contributed by atoms with Gasteiger partial charge in [0.25, 0.3) is 0 Å². The van der Waals surface area contributed by atoms with Gasteiger partial charge in [0.15, 0.2) is 0 Å². The molecule has 2 rings (SSSR count). The molecule has 0 aromatic heterocycles. The van der Waals surface area contributed by atoms with Crippen molar-refractivity contribution in [3.8, 4) is 0 Å². The molecule has 1 atom stereocenters. The van der Waals surface area contributed by atoms with Crippen LogP contribution in [0.5, 0.6) is 0 Å². The minimum absolute atomic E-state index is 0.695. The lowest BCUT2D eigenvalue weighted by molar-refractivity contribution is 0.314. The molecule has 1 heterocycles. The van der Waals surface area contributed by atoms with Crippen LogP contribution in [0.2, 0.25) is 0 Å². The molecule has 0 saturated carbocycles. The predicted molar refractivity (Wildman–Crippen MR) is 85.8 cm³/mol. The number of nitrogens with one attached hydrogen (secondary N) is 1. The van der Waals surface area contributed by atoms with E-state index in [4.69, 9.17) is 0 Å².